The van der Waals surface area contributed by atoms with Gasteiger partial charge in [0.15, 0.2) is 0 Å². The number of benzene rings is 2. The third-order valence-electron chi connectivity index (χ3n) is 4.68. The molecule has 0 aliphatic heterocycles. The van der Waals surface area contributed by atoms with Crippen molar-refractivity contribution < 1.29 is 10.2 Å². The van der Waals surface area contributed by atoms with Gasteiger partial charge in [-0.3, -0.25) is 0 Å². The number of para-hydroxylation sites is 2. The molecule has 0 fully saturated rings. The molecule has 2 heteroatoms. The van der Waals surface area contributed by atoms with Crippen molar-refractivity contribution in [2.75, 3.05) is 0 Å². The van der Waals surface area contributed by atoms with Crippen LogP contribution in [0.15, 0.2) is 36.4 Å². The molecule has 2 aromatic rings. The molecular formula is C22H30O2. The third-order valence-corrected chi connectivity index (χ3v) is 4.68. The van der Waals surface area contributed by atoms with Gasteiger partial charge in [0.1, 0.15) is 11.5 Å². The number of hydrogen-bond donors (Lipinski definition) is 2. The highest BCUT2D eigenvalue weighted by Crippen LogP contribution is 2.42. The van der Waals surface area contributed by atoms with E-state index >= 15 is 0 Å². The Balaban J connectivity index is 2.57. The standard InChI is InChI=1S/C22H30O2/c1-14(15-10-8-12-17(19(15)23)21(2,3)4)16-11-9-13-18(20(16)24)22(5,6)7/h8-14,23-24H,1-7H3. The van der Waals surface area contributed by atoms with Crippen molar-refractivity contribution in [3.8, 4) is 11.5 Å². The first-order valence-electron chi connectivity index (χ1n) is 8.59. The molecule has 130 valence electrons. The van der Waals surface area contributed by atoms with Crippen LogP contribution in [-0.2, 0) is 10.8 Å². The predicted molar refractivity (Wildman–Crippen MR) is 101 cm³/mol. The SMILES string of the molecule is CC(c1cccc(C(C)(C)C)c1O)c1cccc(C(C)(C)C)c1O. The van der Waals surface area contributed by atoms with Crippen LogP contribution in [0.2, 0.25) is 0 Å². The van der Waals surface area contributed by atoms with Gasteiger partial charge >= 0.3 is 0 Å². The summed E-state index contributed by atoms with van der Waals surface area (Å²) in [5.74, 6) is 0.575. The summed E-state index contributed by atoms with van der Waals surface area (Å²) in [5, 5.41) is 21.6. The molecule has 2 nitrogen and oxygen atoms in total. The number of rotatable bonds is 2. The molecule has 2 aromatic carbocycles. The molecule has 2 N–H and O–H groups in total. The van der Waals surface area contributed by atoms with Crippen LogP contribution >= 0.6 is 0 Å². The van der Waals surface area contributed by atoms with E-state index in [-0.39, 0.29) is 16.7 Å². The fourth-order valence-electron chi connectivity index (χ4n) is 3.20. The second kappa shape index (κ2) is 6.16. The Labute approximate surface area is 146 Å². The fourth-order valence-corrected chi connectivity index (χ4v) is 3.20. The lowest BCUT2D eigenvalue weighted by Crippen LogP contribution is -2.14. The van der Waals surface area contributed by atoms with E-state index in [2.05, 4.69) is 41.5 Å². The van der Waals surface area contributed by atoms with Crippen molar-refractivity contribution in [1.29, 1.82) is 0 Å². The van der Waals surface area contributed by atoms with Gasteiger partial charge in [-0.1, -0.05) is 84.9 Å². The van der Waals surface area contributed by atoms with Gasteiger partial charge in [0.05, 0.1) is 0 Å². The van der Waals surface area contributed by atoms with Crippen molar-refractivity contribution in [1.82, 2.24) is 0 Å². The van der Waals surface area contributed by atoms with Gasteiger partial charge < -0.3 is 10.2 Å². The second-order valence-electron chi connectivity index (χ2n) is 8.71. The van der Waals surface area contributed by atoms with E-state index in [1.54, 1.807) is 0 Å². The zero-order valence-electron chi connectivity index (χ0n) is 15.9. The Bertz CT molecular complexity index is 667. The van der Waals surface area contributed by atoms with E-state index in [9.17, 15) is 10.2 Å². The van der Waals surface area contributed by atoms with E-state index in [1.807, 2.05) is 43.3 Å². The predicted octanol–water partition coefficient (Wildman–Crippen LogP) is 5.84. The topological polar surface area (TPSA) is 40.5 Å². The van der Waals surface area contributed by atoms with Crippen LogP contribution in [0, 0.1) is 0 Å². The first-order chi connectivity index (χ1) is 10.9. The monoisotopic (exact) mass is 326 g/mol. The molecular weight excluding hydrogens is 296 g/mol. The van der Waals surface area contributed by atoms with E-state index in [1.165, 1.54) is 0 Å². The van der Waals surface area contributed by atoms with Crippen LogP contribution in [0.1, 0.15) is 76.6 Å². The molecule has 0 bridgehead atoms. The first kappa shape index (κ1) is 18.4. The Morgan fingerprint density at radius 1 is 0.667 bits per heavy atom. The lowest BCUT2D eigenvalue weighted by molar-refractivity contribution is 0.430. The number of phenolic OH excluding ortho intramolecular Hbond substituents is 2. The van der Waals surface area contributed by atoms with Crippen LogP contribution in [0.3, 0.4) is 0 Å². The van der Waals surface area contributed by atoms with Crippen molar-refractivity contribution in [2.45, 2.75) is 65.2 Å². The van der Waals surface area contributed by atoms with E-state index in [0.29, 0.717) is 11.5 Å². The van der Waals surface area contributed by atoms with Crippen LogP contribution in [0.5, 0.6) is 11.5 Å². The molecule has 0 aliphatic carbocycles. The minimum Gasteiger partial charge on any atom is -0.507 e. The second-order valence-corrected chi connectivity index (χ2v) is 8.71. The summed E-state index contributed by atoms with van der Waals surface area (Å²) in [6, 6.07) is 11.8. The van der Waals surface area contributed by atoms with E-state index in [0.717, 1.165) is 22.3 Å². The molecule has 0 amide bonds. The number of phenols is 2. The first-order valence-corrected chi connectivity index (χ1v) is 8.59. The molecule has 0 saturated carbocycles. The highest BCUT2D eigenvalue weighted by atomic mass is 16.3. The van der Waals surface area contributed by atoms with Gasteiger partial charge in [-0.05, 0) is 22.0 Å². The van der Waals surface area contributed by atoms with Crippen molar-refractivity contribution >= 4 is 0 Å². The summed E-state index contributed by atoms with van der Waals surface area (Å²) >= 11 is 0. The van der Waals surface area contributed by atoms with Crippen molar-refractivity contribution in [2.24, 2.45) is 0 Å². The smallest absolute Gasteiger partial charge is 0.123 e. The lowest BCUT2D eigenvalue weighted by Gasteiger charge is -2.26. The quantitative estimate of drug-likeness (QED) is 0.727. The van der Waals surface area contributed by atoms with Gasteiger partial charge in [-0.15, -0.1) is 0 Å². The molecule has 0 saturated heterocycles. The highest BCUT2D eigenvalue weighted by molar-refractivity contribution is 5.53. The Morgan fingerprint density at radius 2 is 1.00 bits per heavy atom. The van der Waals surface area contributed by atoms with Gasteiger partial charge in [-0.2, -0.15) is 0 Å². The molecule has 0 aromatic heterocycles. The molecule has 0 radical (unpaired) electrons. The van der Waals surface area contributed by atoms with Crippen molar-refractivity contribution in [3.63, 3.8) is 0 Å². The highest BCUT2D eigenvalue weighted by Gasteiger charge is 2.26. The molecule has 0 atom stereocenters. The molecule has 0 heterocycles. The van der Waals surface area contributed by atoms with E-state index in [4.69, 9.17) is 0 Å². The van der Waals surface area contributed by atoms with E-state index < -0.39 is 0 Å². The zero-order chi connectivity index (χ0) is 18.3. The van der Waals surface area contributed by atoms with Crippen LogP contribution < -0.4 is 0 Å². The lowest BCUT2D eigenvalue weighted by atomic mass is 9.80. The minimum absolute atomic E-state index is 0.0883. The number of aromatic hydroxyl groups is 2. The molecule has 0 spiro atoms. The molecule has 24 heavy (non-hydrogen) atoms. The summed E-state index contributed by atoms with van der Waals surface area (Å²) in [6.07, 6.45) is 0. The molecule has 0 unspecified atom stereocenters. The van der Waals surface area contributed by atoms with Gasteiger partial charge in [0.25, 0.3) is 0 Å². The third kappa shape index (κ3) is 3.43. The Kier molecular flexibility index (Phi) is 4.72. The fraction of sp³-hybridized carbons (Fsp3) is 0.455. The molecule has 0 aliphatic rings. The summed E-state index contributed by atoms with van der Waals surface area (Å²) in [6.45, 7) is 14.6. The van der Waals surface area contributed by atoms with Crippen LogP contribution in [-0.4, -0.2) is 10.2 Å². The van der Waals surface area contributed by atoms with Gasteiger partial charge in [0, 0.05) is 17.0 Å². The summed E-state index contributed by atoms with van der Waals surface area (Å²) in [7, 11) is 0. The normalized spacial score (nSPS) is 12.7. The average Bonchev–Trinajstić information content (AvgIpc) is 2.44. The zero-order valence-corrected chi connectivity index (χ0v) is 15.9. The van der Waals surface area contributed by atoms with Crippen LogP contribution in [0.4, 0.5) is 0 Å². The maximum absolute atomic E-state index is 10.8. The maximum atomic E-state index is 10.8. The maximum Gasteiger partial charge on any atom is 0.123 e. The Morgan fingerprint density at radius 3 is 1.29 bits per heavy atom. The van der Waals surface area contributed by atoms with Gasteiger partial charge in [0.2, 0.25) is 0 Å². The minimum atomic E-state index is -0.130. The van der Waals surface area contributed by atoms with Gasteiger partial charge in [-0.25, -0.2) is 0 Å². The summed E-state index contributed by atoms with van der Waals surface area (Å²) in [5.41, 5.74) is 3.30. The van der Waals surface area contributed by atoms with Crippen LogP contribution in [0.25, 0.3) is 0 Å². The number of hydrogen-bond acceptors (Lipinski definition) is 2. The summed E-state index contributed by atoms with van der Waals surface area (Å²) in [4.78, 5) is 0. The molecule has 2 rings (SSSR count). The Hall–Kier alpha value is -1.96. The average molecular weight is 326 g/mol. The summed E-state index contributed by atoms with van der Waals surface area (Å²) < 4.78 is 0. The van der Waals surface area contributed by atoms with Crippen molar-refractivity contribution in [3.05, 3.63) is 58.7 Å². The largest absolute Gasteiger partial charge is 0.507 e.